The zero-order chi connectivity index (χ0) is 21.3. The molecule has 0 radical (unpaired) electrons. The predicted molar refractivity (Wildman–Crippen MR) is 112 cm³/mol. The summed E-state index contributed by atoms with van der Waals surface area (Å²) in [4.78, 5) is 15.3. The summed E-state index contributed by atoms with van der Waals surface area (Å²) < 4.78 is 26.6. The molecule has 28 heavy (non-hydrogen) atoms. The molecule has 1 saturated heterocycles. The van der Waals surface area contributed by atoms with Crippen LogP contribution in [0.4, 0.5) is 0 Å². The third kappa shape index (κ3) is 4.34. The van der Waals surface area contributed by atoms with Gasteiger partial charge in [-0.1, -0.05) is 30.3 Å². The molecule has 1 aliphatic heterocycles. The van der Waals surface area contributed by atoms with Crippen LogP contribution in [0.15, 0.2) is 42.5 Å². The van der Waals surface area contributed by atoms with Gasteiger partial charge in [-0.05, 0) is 68.0 Å². The van der Waals surface area contributed by atoms with Crippen LogP contribution in [0, 0.1) is 11.8 Å². The van der Waals surface area contributed by atoms with E-state index in [9.17, 15) is 9.90 Å². The molecule has 2 aliphatic rings. The number of ketones is 1. The Balaban J connectivity index is 0.00000272. The van der Waals surface area contributed by atoms with E-state index in [1.807, 2.05) is 6.07 Å². The molecular weight excluding hydrogens is 374 g/mol. The molecule has 0 aromatic heterocycles. The Kier molecular flexibility index (Phi) is 5.41. The molecule has 1 unspecified atom stereocenters. The average Bonchev–Trinajstić information content (AvgIpc) is 2.98. The molecule has 4 nitrogen and oxygen atoms in total. The Morgan fingerprint density at radius 1 is 1.21 bits per heavy atom. The summed E-state index contributed by atoms with van der Waals surface area (Å²) in [6, 6.07) is 13.3. The van der Waals surface area contributed by atoms with Crippen LogP contribution in [-0.2, 0) is 13.0 Å². The molecule has 2 aromatic rings. The number of fused-ring (bicyclic) bond motifs is 1. The number of ether oxygens (including phenoxy) is 1. The number of Topliss-reactive ketones (excluding diaryl/α,β-unsaturated/α-hetero) is 1. The minimum atomic E-state index is -2.64. The van der Waals surface area contributed by atoms with E-state index in [4.69, 9.17) is 8.85 Å². The third-order valence-electron chi connectivity index (χ3n) is 5.97. The number of aromatic hydroxyl groups is 1. The largest absolute Gasteiger partial charge is 0.504 e. The fraction of sp³-hybridized carbons (Fsp3) is 0.435. The molecule has 0 saturated carbocycles. The fourth-order valence-electron chi connectivity index (χ4n) is 4.48. The summed E-state index contributed by atoms with van der Waals surface area (Å²) in [5.74, 6) is 0.0667. The number of phenols is 1. The number of benzene rings is 2. The second kappa shape index (κ2) is 8.97. The lowest BCUT2D eigenvalue weighted by molar-refractivity contribution is 0.0895. The number of hydrogen-bond donors (Lipinski definition) is 1. The maximum atomic E-state index is 12.9. The monoisotopic (exact) mass is 404 g/mol. The zero-order valence-electron chi connectivity index (χ0n) is 18.8. The number of piperidine rings is 1. The first-order valence-corrected chi connectivity index (χ1v) is 9.64. The van der Waals surface area contributed by atoms with Crippen LogP contribution in [0.5, 0.6) is 11.5 Å². The maximum absolute atomic E-state index is 12.9. The summed E-state index contributed by atoms with van der Waals surface area (Å²) >= 11 is 0. The lowest BCUT2D eigenvalue weighted by atomic mass is 9.85. The molecule has 1 N–H and O–H groups in total. The predicted octanol–water partition coefficient (Wildman–Crippen LogP) is 4.48. The number of methoxy groups -OCH3 is 1. The van der Waals surface area contributed by atoms with E-state index in [0.29, 0.717) is 17.9 Å². The highest BCUT2D eigenvalue weighted by Gasteiger charge is 2.34. The van der Waals surface area contributed by atoms with Crippen molar-refractivity contribution in [3.63, 3.8) is 0 Å². The normalized spacial score (nSPS) is 21.9. The summed E-state index contributed by atoms with van der Waals surface area (Å²) in [5, 5.41) is 10.1. The number of likely N-dealkylation sites (tertiary alicyclic amines) is 1. The standard InChI is InChI=1S/C23H27NO3.ClH/c1-27-22-13-18-12-19(23(26)20(18)14-21(22)25)11-16-7-9-24(10-8-16)15-17-5-3-2-4-6-17;/h2-6,13-14,16,19,25H,7-12,15H2,1H3;1H/i1D3;. The van der Waals surface area contributed by atoms with Gasteiger partial charge in [0, 0.05) is 18.0 Å². The van der Waals surface area contributed by atoms with Gasteiger partial charge < -0.3 is 9.84 Å². The van der Waals surface area contributed by atoms with Crippen molar-refractivity contribution in [2.45, 2.75) is 32.2 Å². The second-order valence-corrected chi connectivity index (χ2v) is 7.79. The molecule has 1 aliphatic carbocycles. The van der Waals surface area contributed by atoms with E-state index < -0.39 is 7.04 Å². The van der Waals surface area contributed by atoms with Crippen LogP contribution < -0.4 is 4.74 Å². The summed E-state index contributed by atoms with van der Waals surface area (Å²) in [6.45, 7) is 3.03. The Morgan fingerprint density at radius 2 is 1.96 bits per heavy atom. The molecule has 2 aromatic carbocycles. The minimum Gasteiger partial charge on any atom is -0.504 e. The lowest BCUT2D eigenvalue weighted by Crippen LogP contribution is -2.34. The molecule has 0 bridgehead atoms. The summed E-state index contributed by atoms with van der Waals surface area (Å²) in [6.07, 6.45) is 3.57. The number of nitrogens with zero attached hydrogens (tertiary/aromatic N) is 1. The molecule has 0 spiro atoms. The number of carbonyl (C=O) groups is 1. The van der Waals surface area contributed by atoms with E-state index in [1.54, 1.807) is 0 Å². The van der Waals surface area contributed by atoms with Crippen molar-refractivity contribution >= 4 is 18.2 Å². The number of hydrogen-bond acceptors (Lipinski definition) is 4. The van der Waals surface area contributed by atoms with Crippen LogP contribution in [0.1, 0.15) is 44.9 Å². The van der Waals surface area contributed by atoms with Gasteiger partial charge in [-0.25, -0.2) is 0 Å². The maximum Gasteiger partial charge on any atom is 0.166 e. The van der Waals surface area contributed by atoms with E-state index in [0.717, 1.165) is 44.5 Å². The highest BCUT2D eigenvalue weighted by atomic mass is 35.5. The third-order valence-corrected chi connectivity index (χ3v) is 5.97. The Hall–Kier alpha value is -2.04. The highest BCUT2D eigenvalue weighted by molar-refractivity contribution is 6.02. The molecule has 4 rings (SSSR count). The van der Waals surface area contributed by atoms with Gasteiger partial charge in [0.2, 0.25) is 0 Å². The Bertz CT molecular complexity index is 912. The SMILES string of the molecule is Cl.[2H]C([2H])([2H])Oc1cc2c(cc1O)C(=O)C(CC1CCN(Cc3ccccc3)CC1)C2. The van der Waals surface area contributed by atoms with Gasteiger partial charge in [0.1, 0.15) is 0 Å². The van der Waals surface area contributed by atoms with Crippen molar-refractivity contribution in [1.82, 2.24) is 4.90 Å². The first-order chi connectivity index (χ1) is 14.3. The lowest BCUT2D eigenvalue weighted by Gasteiger charge is -2.32. The summed E-state index contributed by atoms with van der Waals surface area (Å²) in [5.41, 5.74) is 2.59. The topological polar surface area (TPSA) is 49.8 Å². The van der Waals surface area contributed by atoms with Gasteiger partial charge in [0.25, 0.3) is 0 Å². The van der Waals surface area contributed by atoms with E-state index >= 15 is 0 Å². The average molecular weight is 405 g/mol. The van der Waals surface area contributed by atoms with Crippen molar-refractivity contribution in [2.24, 2.45) is 11.8 Å². The minimum absolute atomic E-state index is 0. The molecule has 1 heterocycles. The number of rotatable bonds is 5. The quantitative estimate of drug-likeness (QED) is 0.798. The molecule has 150 valence electrons. The molecule has 0 amide bonds. The fourth-order valence-corrected chi connectivity index (χ4v) is 4.48. The second-order valence-electron chi connectivity index (χ2n) is 7.79. The Morgan fingerprint density at radius 3 is 2.68 bits per heavy atom. The van der Waals surface area contributed by atoms with E-state index in [1.165, 1.54) is 17.7 Å². The van der Waals surface area contributed by atoms with Gasteiger partial charge in [-0.15, -0.1) is 12.4 Å². The van der Waals surface area contributed by atoms with E-state index in [-0.39, 0.29) is 35.6 Å². The summed E-state index contributed by atoms with van der Waals surface area (Å²) in [7, 11) is -2.64. The van der Waals surface area contributed by atoms with Crippen LogP contribution >= 0.6 is 12.4 Å². The first kappa shape index (κ1) is 16.9. The molecule has 1 fully saturated rings. The van der Waals surface area contributed by atoms with E-state index in [2.05, 4.69) is 29.2 Å². The molecule has 5 heteroatoms. The molecular formula is C23H28ClNO3. The number of phenolic OH excluding ortho intramolecular Hbond substituents is 1. The molecule has 1 atom stereocenters. The van der Waals surface area contributed by atoms with Crippen LogP contribution in [0.3, 0.4) is 0 Å². The van der Waals surface area contributed by atoms with Crippen LogP contribution in [0.25, 0.3) is 0 Å². The van der Waals surface area contributed by atoms with Gasteiger partial charge in [0.05, 0.1) is 11.2 Å². The van der Waals surface area contributed by atoms with Gasteiger partial charge in [-0.3, -0.25) is 9.69 Å². The number of halogens is 1. The first-order valence-electron chi connectivity index (χ1n) is 11.1. The van der Waals surface area contributed by atoms with Crippen molar-refractivity contribution in [3.05, 3.63) is 59.2 Å². The van der Waals surface area contributed by atoms with Crippen molar-refractivity contribution < 1.29 is 18.8 Å². The highest BCUT2D eigenvalue weighted by Crippen LogP contribution is 2.39. The van der Waals surface area contributed by atoms with Gasteiger partial charge >= 0.3 is 0 Å². The smallest absolute Gasteiger partial charge is 0.166 e. The Labute approximate surface area is 177 Å². The van der Waals surface area contributed by atoms with Crippen LogP contribution in [-0.4, -0.2) is 35.9 Å². The van der Waals surface area contributed by atoms with Gasteiger partial charge in [-0.2, -0.15) is 0 Å². The number of carbonyl (C=O) groups excluding carboxylic acids is 1. The van der Waals surface area contributed by atoms with Crippen molar-refractivity contribution in [1.29, 1.82) is 0 Å². The van der Waals surface area contributed by atoms with Crippen molar-refractivity contribution in [3.8, 4) is 11.5 Å². The van der Waals surface area contributed by atoms with Crippen molar-refractivity contribution in [2.75, 3.05) is 20.1 Å². The van der Waals surface area contributed by atoms with Crippen LogP contribution in [0.2, 0.25) is 0 Å². The zero-order valence-corrected chi connectivity index (χ0v) is 16.6. The van der Waals surface area contributed by atoms with Gasteiger partial charge in [0.15, 0.2) is 17.3 Å².